The molecule has 44 heavy (non-hydrogen) atoms. The monoisotopic (exact) mass is 582 g/mol. The summed E-state index contributed by atoms with van der Waals surface area (Å²) in [5.74, 6) is 1.81. The van der Waals surface area contributed by atoms with E-state index in [0.29, 0.717) is 11.8 Å². The number of benzene rings is 2. The molecule has 1 aliphatic rings. The molecule has 0 amide bonds. The van der Waals surface area contributed by atoms with Crippen LogP contribution in [-0.4, -0.2) is 33.2 Å². The summed E-state index contributed by atoms with van der Waals surface area (Å²) in [6, 6.07) is 27.4. The van der Waals surface area contributed by atoms with Crippen LogP contribution in [0.25, 0.3) is 27.8 Å². The molecule has 6 aromatic rings. The third-order valence-corrected chi connectivity index (χ3v) is 8.47. The maximum atomic E-state index is 6.35. The molecule has 0 atom stereocenters. The molecular formula is C37H38N6O. The molecular weight excluding hydrogens is 544 g/mol. The highest BCUT2D eigenvalue weighted by atomic mass is 16.5. The van der Waals surface area contributed by atoms with Gasteiger partial charge in [-0.3, -0.25) is 4.57 Å². The second-order valence-electron chi connectivity index (χ2n) is 13.7. The number of hydrogen-bond donors (Lipinski definition) is 0. The minimum absolute atomic E-state index is 0.00614. The second kappa shape index (κ2) is 10.1. The van der Waals surface area contributed by atoms with Crippen molar-refractivity contribution < 1.29 is 4.74 Å². The summed E-state index contributed by atoms with van der Waals surface area (Å²) in [7, 11) is 2.12. The van der Waals surface area contributed by atoms with E-state index in [1.807, 2.05) is 24.4 Å². The van der Waals surface area contributed by atoms with E-state index in [-0.39, 0.29) is 10.8 Å². The Morgan fingerprint density at radius 1 is 0.682 bits per heavy atom. The van der Waals surface area contributed by atoms with Gasteiger partial charge in [0.05, 0.1) is 23.6 Å². The van der Waals surface area contributed by atoms with E-state index >= 15 is 0 Å². The first-order valence-electron chi connectivity index (χ1n) is 15.1. The number of para-hydroxylation sites is 1. The zero-order valence-electron chi connectivity index (χ0n) is 26.5. The van der Waals surface area contributed by atoms with Gasteiger partial charge in [-0.2, -0.15) is 4.98 Å². The molecule has 5 heterocycles. The average Bonchev–Trinajstić information content (AvgIpc) is 3.50. The molecule has 0 N–H and O–H groups in total. The van der Waals surface area contributed by atoms with E-state index in [2.05, 4.69) is 129 Å². The van der Waals surface area contributed by atoms with Crippen LogP contribution in [0.1, 0.15) is 52.7 Å². The average molecular weight is 583 g/mol. The van der Waals surface area contributed by atoms with E-state index in [1.54, 1.807) is 6.20 Å². The van der Waals surface area contributed by atoms with Crippen LogP contribution in [0.2, 0.25) is 0 Å². The number of rotatable bonds is 4. The fourth-order valence-corrected chi connectivity index (χ4v) is 5.96. The smallest absolute Gasteiger partial charge is 0.223 e. The Hall–Kier alpha value is -4.91. The highest BCUT2D eigenvalue weighted by Gasteiger charge is 2.27. The van der Waals surface area contributed by atoms with Gasteiger partial charge in [0, 0.05) is 48.0 Å². The third kappa shape index (κ3) is 4.82. The van der Waals surface area contributed by atoms with E-state index in [1.165, 1.54) is 22.5 Å². The van der Waals surface area contributed by atoms with Gasteiger partial charge in [0.15, 0.2) is 5.65 Å². The molecule has 7 heteroatoms. The molecule has 0 radical (unpaired) electrons. The summed E-state index contributed by atoms with van der Waals surface area (Å²) in [5.41, 5.74) is 7.83. The number of anilines is 3. The van der Waals surface area contributed by atoms with Crippen molar-refractivity contribution in [3.63, 3.8) is 0 Å². The van der Waals surface area contributed by atoms with Gasteiger partial charge in [-0.1, -0.05) is 65.8 Å². The number of aromatic nitrogens is 4. The van der Waals surface area contributed by atoms with Gasteiger partial charge in [0.2, 0.25) is 11.8 Å². The molecule has 0 saturated carbocycles. The van der Waals surface area contributed by atoms with Gasteiger partial charge in [0.25, 0.3) is 0 Å². The number of nitrogens with zero attached hydrogens (tertiary/aromatic N) is 6. The molecule has 1 aliphatic heterocycles. The van der Waals surface area contributed by atoms with Crippen molar-refractivity contribution in [2.45, 2.75) is 52.4 Å². The Morgan fingerprint density at radius 2 is 1.43 bits per heavy atom. The Kier molecular flexibility index (Phi) is 6.39. The van der Waals surface area contributed by atoms with Crippen molar-refractivity contribution in [2.24, 2.45) is 0 Å². The molecule has 2 aromatic carbocycles. The maximum absolute atomic E-state index is 6.35. The predicted octanol–water partition coefficient (Wildman–Crippen LogP) is 8.90. The summed E-state index contributed by atoms with van der Waals surface area (Å²) in [6.45, 7) is 14.1. The van der Waals surface area contributed by atoms with Crippen LogP contribution in [0.4, 0.5) is 17.1 Å². The number of fused-ring (bicyclic) bond motifs is 4. The third-order valence-electron chi connectivity index (χ3n) is 8.47. The lowest BCUT2D eigenvalue weighted by atomic mass is 9.86. The number of hydrogen-bond acceptors (Lipinski definition) is 6. The molecule has 0 fully saturated rings. The van der Waals surface area contributed by atoms with Crippen molar-refractivity contribution in [2.75, 3.05) is 23.5 Å². The Bertz CT molecular complexity index is 2030. The maximum Gasteiger partial charge on any atom is 0.223 e. The quantitative estimate of drug-likeness (QED) is 0.207. The van der Waals surface area contributed by atoms with Crippen molar-refractivity contribution in [3.05, 3.63) is 102 Å². The van der Waals surface area contributed by atoms with Gasteiger partial charge < -0.3 is 14.5 Å². The number of pyridine rings is 3. The van der Waals surface area contributed by atoms with E-state index < -0.39 is 0 Å². The predicted molar refractivity (Wildman–Crippen MR) is 180 cm³/mol. The minimum atomic E-state index is -0.00614. The van der Waals surface area contributed by atoms with Crippen molar-refractivity contribution >= 4 is 39.0 Å². The largest absolute Gasteiger partial charge is 0.421 e. The molecule has 0 saturated heterocycles. The SMILES string of the molecule is CN1CN(c2ccnc(Oc3ccc4c5ccccc5n(-c5cc(C(C)(C)C)ccn5)c4n3)c2)c2cc(C(C)(C)C)ccc21. The number of ether oxygens (including phenoxy) is 1. The summed E-state index contributed by atoms with van der Waals surface area (Å²) in [4.78, 5) is 18.9. The van der Waals surface area contributed by atoms with Crippen molar-refractivity contribution in [3.8, 4) is 17.6 Å². The molecule has 0 unspecified atom stereocenters. The van der Waals surface area contributed by atoms with E-state index in [9.17, 15) is 0 Å². The van der Waals surface area contributed by atoms with Gasteiger partial charge in [-0.05, 0) is 64.4 Å². The first kappa shape index (κ1) is 27.9. The van der Waals surface area contributed by atoms with Crippen LogP contribution in [0, 0.1) is 0 Å². The molecule has 7 nitrogen and oxygen atoms in total. The van der Waals surface area contributed by atoms with E-state index in [0.717, 1.165) is 40.1 Å². The fourth-order valence-electron chi connectivity index (χ4n) is 5.96. The Labute approximate surface area is 258 Å². The molecule has 4 aromatic heterocycles. The van der Waals surface area contributed by atoms with Crippen molar-refractivity contribution in [1.82, 2.24) is 19.5 Å². The summed E-state index contributed by atoms with van der Waals surface area (Å²) in [5, 5.41) is 2.17. The van der Waals surface area contributed by atoms with Gasteiger partial charge in [0.1, 0.15) is 5.82 Å². The lowest BCUT2D eigenvalue weighted by molar-refractivity contribution is 0.446. The molecule has 222 valence electrons. The molecule has 0 aliphatic carbocycles. The van der Waals surface area contributed by atoms with Crippen LogP contribution < -0.4 is 14.5 Å². The highest BCUT2D eigenvalue weighted by molar-refractivity contribution is 6.07. The summed E-state index contributed by atoms with van der Waals surface area (Å²) >= 11 is 0. The van der Waals surface area contributed by atoms with Crippen LogP contribution in [-0.2, 0) is 10.8 Å². The first-order chi connectivity index (χ1) is 21.0. The van der Waals surface area contributed by atoms with Crippen molar-refractivity contribution in [1.29, 1.82) is 0 Å². The topological polar surface area (TPSA) is 59.3 Å². The van der Waals surface area contributed by atoms with Crippen LogP contribution in [0.5, 0.6) is 11.8 Å². The van der Waals surface area contributed by atoms with Crippen LogP contribution in [0.15, 0.2) is 91.3 Å². The van der Waals surface area contributed by atoms with E-state index in [4.69, 9.17) is 14.7 Å². The Balaban J connectivity index is 1.27. The fraction of sp³-hybridized carbons (Fsp3) is 0.270. The van der Waals surface area contributed by atoms with Crippen LogP contribution >= 0.6 is 0 Å². The van der Waals surface area contributed by atoms with Gasteiger partial charge >= 0.3 is 0 Å². The molecule has 7 rings (SSSR count). The standard InChI is InChI=1S/C37H38N6O/c1-36(2,3)24-12-14-30-31(20-24)42(23-41(30)7)26-17-19-39-34(22-26)44-33-15-13-28-27-10-8-9-11-29(27)43(35(28)40-33)32-21-25(16-18-38-32)37(4,5)6/h8-22H,23H2,1-7H3. The molecule has 0 bridgehead atoms. The summed E-state index contributed by atoms with van der Waals surface area (Å²) in [6.07, 6.45) is 3.68. The van der Waals surface area contributed by atoms with Gasteiger partial charge in [-0.25, -0.2) is 9.97 Å². The summed E-state index contributed by atoms with van der Waals surface area (Å²) < 4.78 is 8.47. The first-order valence-corrected chi connectivity index (χ1v) is 15.1. The Morgan fingerprint density at radius 3 is 2.23 bits per heavy atom. The normalized spacial score (nSPS) is 13.6. The highest BCUT2D eigenvalue weighted by Crippen LogP contribution is 2.43. The zero-order chi connectivity index (χ0) is 30.8. The minimum Gasteiger partial charge on any atom is -0.421 e. The zero-order valence-corrected chi connectivity index (χ0v) is 26.5. The lowest BCUT2D eigenvalue weighted by Gasteiger charge is -2.23. The van der Waals surface area contributed by atoms with Gasteiger partial charge in [-0.15, -0.1) is 0 Å². The lowest BCUT2D eigenvalue weighted by Crippen LogP contribution is -2.24. The second-order valence-corrected chi connectivity index (χ2v) is 13.7. The van der Waals surface area contributed by atoms with Crippen LogP contribution in [0.3, 0.4) is 0 Å². The molecule has 0 spiro atoms.